The quantitative estimate of drug-likeness (QED) is 0.806. The average Bonchev–Trinajstić information content (AvgIpc) is 2.29. The molecule has 1 atom stereocenters. The molecule has 3 heteroatoms. The molecule has 0 amide bonds. The number of nitrogen functional groups attached to an aromatic ring is 1. The Morgan fingerprint density at radius 3 is 2.53 bits per heavy atom. The van der Waals surface area contributed by atoms with Gasteiger partial charge in [-0.25, -0.2) is 9.97 Å². The number of hydrogen-bond donors (Lipinski definition) is 1. The number of nitrogens with two attached hydrogens (primary N) is 1. The van der Waals surface area contributed by atoms with Gasteiger partial charge in [0.1, 0.15) is 11.6 Å². The monoisotopic (exact) mass is 199 g/mol. The molecule has 1 heterocycles. The van der Waals surface area contributed by atoms with Crippen LogP contribution in [-0.4, -0.2) is 9.97 Å². The summed E-state index contributed by atoms with van der Waals surface area (Å²) in [7, 11) is 0. The highest BCUT2D eigenvalue weighted by atomic mass is 14.9. The molecule has 0 saturated carbocycles. The number of benzene rings is 1. The standard InChI is InChI=1S/C12H13N3/c1-9(10-5-3-2-4-6-10)12-14-8-7-11(13)15-12/h2-9H,1H3,(H2,13,14,15). The highest BCUT2D eigenvalue weighted by molar-refractivity contribution is 5.30. The molecule has 1 aromatic carbocycles. The molecule has 0 aliphatic carbocycles. The third kappa shape index (κ3) is 2.13. The summed E-state index contributed by atoms with van der Waals surface area (Å²) in [5.74, 6) is 1.46. The SMILES string of the molecule is CC(c1ccccc1)c1nccc(N)n1. The molecule has 3 nitrogen and oxygen atoms in total. The van der Waals surface area contributed by atoms with E-state index in [4.69, 9.17) is 5.73 Å². The van der Waals surface area contributed by atoms with Crippen molar-refractivity contribution in [2.75, 3.05) is 5.73 Å². The molecule has 2 rings (SSSR count). The van der Waals surface area contributed by atoms with Gasteiger partial charge in [-0.3, -0.25) is 0 Å². The van der Waals surface area contributed by atoms with E-state index in [1.54, 1.807) is 12.3 Å². The maximum Gasteiger partial charge on any atom is 0.137 e. The van der Waals surface area contributed by atoms with Crippen LogP contribution in [0.1, 0.15) is 24.2 Å². The van der Waals surface area contributed by atoms with Gasteiger partial charge in [0.05, 0.1) is 0 Å². The van der Waals surface area contributed by atoms with Crippen LogP contribution in [0.25, 0.3) is 0 Å². The zero-order valence-electron chi connectivity index (χ0n) is 8.59. The normalized spacial score (nSPS) is 12.3. The second-order valence-corrected chi connectivity index (χ2v) is 3.47. The molecule has 0 spiro atoms. The minimum Gasteiger partial charge on any atom is -0.384 e. The van der Waals surface area contributed by atoms with Crippen molar-refractivity contribution in [3.05, 3.63) is 54.0 Å². The molecule has 0 bridgehead atoms. The number of aromatic nitrogens is 2. The Morgan fingerprint density at radius 1 is 1.13 bits per heavy atom. The molecular weight excluding hydrogens is 186 g/mol. The van der Waals surface area contributed by atoms with Crippen molar-refractivity contribution in [3.63, 3.8) is 0 Å². The molecule has 1 unspecified atom stereocenters. The van der Waals surface area contributed by atoms with Gasteiger partial charge in [-0.2, -0.15) is 0 Å². The smallest absolute Gasteiger partial charge is 0.137 e. The summed E-state index contributed by atoms with van der Waals surface area (Å²) in [5, 5.41) is 0. The van der Waals surface area contributed by atoms with Crippen molar-refractivity contribution >= 4 is 5.82 Å². The van der Waals surface area contributed by atoms with E-state index in [1.807, 2.05) is 18.2 Å². The van der Waals surface area contributed by atoms with Gasteiger partial charge in [0.15, 0.2) is 0 Å². The molecule has 2 N–H and O–H groups in total. The fraction of sp³-hybridized carbons (Fsp3) is 0.167. The lowest BCUT2D eigenvalue weighted by Gasteiger charge is -2.10. The highest BCUT2D eigenvalue weighted by Crippen LogP contribution is 2.20. The van der Waals surface area contributed by atoms with Gasteiger partial charge in [0, 0.05) is 12.1 Å². The van der Waals surface area contributed by atoms with E-state index in [9.17, 15) is 0 Å². The van der Waals surface area contributed by atoms with Crippen molar-refractivity contribution in [2.24, 2.45) is 0 Å². The third-order valence-electron chi connectivity index (χ3n) is 2.38. The lowest BCUT2D eigenvalue weighted by molar-refractivity contribution is 0.818. The molecule has 0 radical (unpaired) electrons. The molecule has 76 valence electrons. The van der Waals surface area contributed by atoms with Gasteiger partial charge in [-0.05, 0) is 11.6 Å². The van der Waals surface area contributed by atoms with E-state index in [0.29, 0.717) is 5.82 Å². The second-order valence-electron chi connectivity index (χ2n) is 3.47. The van der Waals surface area contributed by atoms with Gasteiger partial charge in [-0.1, -0.05) is 37.3 Å². The number of rotatable bonds is 2. The lowest BCUT2D eigenvalue weighted by atomic mass is 10.0. The van der Waals surface area contributed by atoms with Crippen LogP contribution in [0.15, 0.2) is 42.6 Å². The average molecular weight is 199 g/mol. The Morgan fingerprint density at radius 2 is 1.87 bits per heavy atom. The van der Waals surface area contributed by atoms with Crippen molar-refractivity contribution in [3.8, 4) is 0 Å². The number of anilines is 1. The lowest BCUT2D eigenvalue weighted by Crippen LogP contribution is -2.04. The first kappa shape index (κ1) is 9.65. The first-order valence-corrected chi connectivity index (χ1v) is 4.91. The van der Waals surface area contributed by atoms with Crippen molar-refractivity contribution in [1.82, 2.24) is 9.97 Å². The minimum absolute atomic E-state index is 0.176. The molecule has 0 aliphatic heterocycles. The zero-order chi connectivity index (χ0) is 10.7. The summed E-state index contributed by atoms with van der Waals surface area (Å²) in [4.78, 5) is 8.44. The summed E-state index contributed by atoms with van der Waals surface area (Å²) >= 11 is 0. The summed E-state index contributed by atoms with van der Waals surface area (Å²) < 4.78 is 0. The predicted octanol–water partition coefficient (Wildman–Crippen LogP) is 2.21. The predicted molar refractivity (Wildman–Crippen MR) is 60.4 cm³/mol. The maximum atomic E-state index is 5.62. The largest absolute Gasteiger partial charge is 0.384 e. The molecule has 2 aromatic rings. The van der Waals surface area contributed by atoms with Gasteiger partial charge in [-0.15, -0.1) is 0 Å². The van der Waals surface area contributed by atoms with Crippen LogP contribution in [0.2, 0.25) is 0 Å². The Hall–Kier alpha value is -1.90. The molecule has 0 fully saturated rings. The van der Waals surface area contributed by atoms with E-state index in [1.165, 1.54) is 5.56 Å². The van der Waals surface area contributed by atoms with Crippen LogP contribution >= 0.6 is 0 Å². The topological polar surface area (TPSA) is 51.8 Å². The summed E-state index contributed by atoms with van der Waals surface area (Å²) in [6.45, 7) is 2.07. The van der Waals surface area contributed by atoms with Crippen molar-refractivity contribution in [1.29, 1.82) is 0 Å². The van der Waals surface area contributed by atoms with Crippen molar-refractivity contribution in [2.45, 2.75) is 12.8 Å². The van der Waals surface area contributed by atoms with E-state index in [-0.39, 0.29) is 5.92 Å². The number of nitrogens with zero attached hydrogens (tertiary/aromatic N) is 2. The van der Waals surface area contributed by atoms with Crippen LogP contribution in [0.5, 0.6) is 0 Å². The highest BCUT2D eigenvalue weighted by Gasteiger charge is 2.10. The van der Waals surface area contributed by atoms with Gasteiger partial charge in [0.25, 0.3) is 0 Å². The van der Waals surface area contributed by atoms with Crippen molar-refractivity contribution < 1.29 is 0 Å². The summed E-state index contributed by atoms with van der Waals surface area (Å²) in [6.07, 6.45) is 1.69. The third-order valence-corrected chi connectivity index (χ3v) is 2.38. The van der Waals surface area contributed by atoms with Crippen LogP contribution in [0.3, 0.4) is 0 Å². The van der Waals surface area contributed by atoms with Crippen LogP contribution in [0.4, 0.5) is 5.82 Å². The molecule has 0 aliphatic rings. The molecule has 15 heavy (non-hydrogen) atoms. The van der Waals surface area contributed by atoms with Gasteiger partial charge < -0.3 is 5.73 Å². The van der Waals surface area contributed by atoms with Gasteiger partial charge in [0.2, 0.25) is 0 Å². The first-order valence-electron chi connectivity index (χ1n) is 4.91. The maximum absolute atomic E-state index is 5.62. The summed E-state index contributed by atoms with van der Waals surface area (Å²) in [6, 6.07) is 11.8. The minimum atomic E-state index is 0.176. The Balaban J connectivity index is 2.32. The van der Waals surface area contributed by atoms with E-state index < -0.39 is 0 Å². The van der Waals surface area contributed by atoms with Gasteiger partial charge >= 0.3 is 0 Å². The number of hydrogen-bond acceptors (Lipinski definition) is 3. The Labute approximate surface area is 89.0 Å². The fourth-order valence-corrected chi connectivity index (χ4v) is 1.49. The van der Waals surface area contributed by atoms with Crippen LogP contribution < -0.4 is 5.73 Å². The molecule has 1 aromatic heterocycles. The fourth-order valence-electron chi connectivity index (χ4n) is 1.49. The Bertz CT molecular complexity index is 440. The molecular formula is C12H13N3. The second kappa shape index (κ2) is 4.09. The van der Waals surface area contributed by atoms with Crippen LogP contribution in [-0.2, 0) is 0 Å². The van der Waals surface area contributed by atoms with E-state index in [2.05, 4.69) is 29.0 Å². The molecule has 0 saturated heterocycles. The Kier molecular flexibility index (Phi) is 2.63. The van der Waals surface area contributed by atoms with E-state index >= 15 is 0 Å². The first-order chi connectivity index (χ1) is 7.27. The van der Waals surface area contributed by atoms with Crippen LogP contribution in [0, 0.1) is 0 Å². The summed E-state index contributed by atoms with van der Waals surface area (Å²) in [5.41, 5.74) is 6.82. The van der Waals surface area contributed by atoms with E-state index in [0.717, 1.165) is 5.82 Å². The zero-order valence-corrected chi connectivity index (χ0v) is 8.59.